The molecule has 1 aromatic rings. The van der Waals surface area contributed by atoms with E-state index in [1.54, 1.807) is 11.1 Å². The predicted octanol–water partition coefficient (Wildman–Crippen LogP) is 2.24. The molecule has 20 heavy (non-hydrogen) atoms. The van der Waals surface area contributed by atoms with Gasteiger partial charge in [0.1, 0.15) is 11.4 Å². The number of hydrogen-bond donors (Lipinski definition) is 0. The first-order valence-electron chi connectivity index (χ1n) is 6.68. The Bertz CT molecular complexity index is 468. The molecule has 7 heteroatoms. The average molecular weight is 345 g/mol. The Morgan fingerprint density at radius 3 is 2.35 bits per heavy atom. The van der Waals surface area contributed by atoms with Crippen molar-refractivity contribution in [1.82, 2.24) is 14.7 Å². The van der Waals surface area contributed by atoms with Gasteiger partial charge in [-0.15, -0.1) is 0 Å². The smallest absolute Gasteiger partial charge is 0.410 e. The molecule has 1 aromatic heterocycles. The Hall–Kier alpha value is -1.24. The first kappa shape index (κ1) is 15.2. The third kappa shape index (κ3) is 3.45. The monoisotopic (exact) mass is 344 g/mol. The van der Waals surface area contributed by atoms with Crippen molar-refractivity contribution in [1.29, 1.82) is 0 Å². The molecule has 1 aliphatic rings. The predicted molar refractivity (Wildman–Crippen MR) is 80.9 cm³/mol. The van der Waals surface area contributed by atoms with Crippen molar-refractivity contribution in [2.24, 2.45) is 7.05 Å². The summed E-state index contributed by atoms with van der Waals surface area (Å²) in [6.07, 6.45) is 1.55. The highest BCUT2D eigenvalue weighted by Crippen LogP contribution is 2.26. The number of carbonyl (C=O) groups excluding carboxylic acids is 1. The number of ether oxygens (including phenoxy) is 1. The van der Waals surface area contributed by atoms with E-state index in [0.717, 1.165) is 23.4 Å². The third-order valence-electron chi connectivity index (χ3n) is 3.10. The second-order valence-corrected chi connectivity index (χ2v) is 6.75. The minimum Gasteiger partial charge on any atom is -0.444 e. The maximum Gasteiger partial charge on any atom is 0.410 e. The zero-order chi connectivity index (χ0) is 14.9. The Morgan fingerprint density at radius 1 is 1.30 bits per heavy atom. The van der Waals surface area contributed by atoms with Crippen molar-refractivity contribution in [3.63, 3.8) is 0 Å². The molecule has 0 atom stereocenters. The number of halogens is 1. The summed E-state index contributed by atoms with van der Waals surface area (Å²) in [6.45, 7) is 8.52. The van der Waals surface area contributed by atoms with E-state index in [9.17, 15) is 4.79 Å². The Balaban J connectivity index is 1.94. The van der Waals surface area contributed by atoms with Crippen LogP contribution in [0.4, 0.5) is 10.6 Å². The van der Waals surface area contributed by atoms with Crippen LogP contribution < -0.4 is 4.90 Å². The summed E-state index contributed by atoms with van der Waals surface area (Å²) in [5.74, 6) is 1.05. The minimum absolute atomic E-state index is 0.235. The number of amides is 1. The molecule has 1 aliphatic heterocycles. The van der Waals surface area contributed by atoms with E-state index < -0.39 is 5.60 Å². The zero-order valence-corrected chi connectivity index (χ0v) is 14.0. The molecule has 2 rings (SSSR count). The lowest BCUT2D eigenvalue weighted by molar-refractivity contribution is 0.0240. The van der Waals surface area contributed by atoms with Crippen molar-refractivity contribution in [2.75, 3.05) is 31.1 Å². The van der Waals surface area contributed by atoms with Crippen LogP contribution in [0.1, 0.15) is 20.8 Å². The Kier molecular flexibility index (Phi) is 4.27. The third-order valence-corrected chi connectivity index (χ3v) is 3.65. The second kappa shape index (κ2) is 5.63. The molecule has 1 saturated heterocycles. The van der Waals surface area contributed by atoms with Gasteiger partial charge in [0, 0.05) is 33.2 Å². The molecule has 0 spiro atoms. The summed E-state index contributed by atoms with van der Waals surface area (Å²) >= 11 is 3.51. The van der Waals surface area contributed by atoms with E-state index in [0.29, 0.717) is 13.1 Å². The van der Waals surface area contributed by atoms with Gasteiger partial charge in [0.15, 0.2) is 0 Å². The van der Waals surface area contributed by atoms with Crippen molar-refractivity contribution >= 4 is 27.8 Å². The van der Waals surface area contributed by atoms with Crippen LogP contribution in [0.2, 0.25) is 0 Å². The van der Waals surface area contributed by atoms with Crippen LogP contribution in [-0.4, -0.2) is 52.6 Å². The lowest BCUT2D eigenvalue weighted by atomic mass is 10.2. The van der Waals surface area contributed by atoms with Crippen LogP contribution >= 0.6 is 15.9 Å². The molecule has 112 valence electrons. The largest absolute Gasteiger partial charge is 0.444 e. The lowest BCUT2D eigenvalue weighted by Crippen LogP contribution is -2.50. The molecular weight excluding hydrogens is 324 g/mol. The Labute approximate surface area is 127 Å². The van der Waals surface area contributed by atoms with E-state index in [2.05, 4.69) is 25.9 Å². The number of anilines is 1. The lowest BCUT2D eigenvalue weighted by Gasteiger charge is -2.36. The summed E-state index contributed by atoms with van der Waals surface area (Å²) in [5, 5.41) is 4.22. The summed E-state index contributed by atoms with van der Waals surface area (Å²) in [6, 6.07) is 0. The minimum atomic E-state index is -0.445. The second-order valence-electron chi connectivity index (χ2n) is 5.89. The first-order chi connectivity index (χ1) is 9.28. The molecule has 0 unspecified atom stereocenters. The summed E-state index contributed by atoms with van der Waals surface area (Å²) in [7, 11) is 1.92. The van der Waals surface area contributed by atoms with E-state index in [1.165, 1.54) is 0 Å². The number of carbonyl (C=O) groups is 1. The van der Waals surface area contributed by atoms with Gasteiger partial charge in [0.2, 0.25) is 0 Å². The number of aryl methyl sites for hydroxylation is 1. The standard InChI is InChI=1S/C13H21BrN4O2/c1-13(2,3)20-12(19)18-7-5-17(6-8-18)11-10(14)9-15-16(11)4/h9H,5-8H2,1-4H3. The summed E-state index contributed by atoms with van der Waals surface area (Å²) in [5.41, 5.74) is -0.445. The fourth-order valence-corrected chi connectivity index (χ4v) is 2.79. The van der Waals surface area contributed by atoms with Gasteiger partial charge in [-0.3, -0.25) is 4.68 Å². The molecule has 0 N–H and O–H groups in total. The van der Waals surface area contributed by atoms with Gasteiger partial charge in [0.25, 0.3) is 0 Å². The van der Waals surface area contributed by atoms with Gasteiger partial charge in [-0.25, -0.2) is 4.79 Å². The van der Waals surface area contributed by atoms with Gasteiger partial charge in [-0.05, 0) is 36.7 Å². The van der Waals surface area contributed by atoms with E-state index in [-0.39, 0.29) is 6.09 Å². The highest BCUT2D eigenvalue weighted by molar-refractivity contribution is 9.10. The maximum absolute atomic E-state index is 12.0. The molecule has 0 bridgehead atoms. The molecule has 0 radical (unpaired) electrons. The van der Waals surface area contributed by atoms with Gasteiger partial charge >= 0.3 is 6.09 Å². The van der Waals surface area contributed by atoms with Crippen molar-refractivity contribution < 1.29 is 9.53 Å². The summed E-state index contributed by atoms with van der Waals surface area (Å²) in [4.78, 5) is 16.0. The number of piperazine rings is 1. The normalized spacial score (nSPS) is 16.4. The van der Waals surface area contributed by atoms with Gasteiger partial charge in [0.05, 0.1) is 10.7 Å². The maximum atomic E-state index is 12.0. The fourth-order valence-electron chi connectivity index (χ4n) is 2.19. The number of aromatic nitrogens is 2. The molecule has 0 saturated carbocycles. The van der Waals surface area contributed by atoms with E-state index in [1.807, 2.05) is 32.5 Å². The highest BCUT2D eigenvalue weighted by Gasteiger charge is 2.27. The molecular formula is C13H21BrN4O2. The van der Waals surface area contributed by atoms with Crippen molar-refractivity contribution in [2.45, 2.75) is 26.4 Å². The molecule has 6 nitrogen and oxygen atoms in total. The quantitative estimate of drug-likeness (QED) is 0.783. The summed E-state index contributed by atoms with van der Waals surface area (Å²) < 4.78 is 8.21. The van der Waals surface area contributed by atoms with E-state index >= 15 is 0 Å². The number of hydrogen-bond acceptors (Lipinski definition) is 4. The number of rotatable bonds is 1. The zero-order valence-electron chi connectivity index (χ0n) is 12.4. The Morgan fingerprint density at radius 2 is 1.90 bits per heavy atom. The average Bonchev–Trinajstić information content (AvgIpc) is 2.67. The van der Waals surface area contributed by atoms with Gasteiger partial charge < -0.3 is 14.5 Å². The van der Waals surface area contributed by atoms with E-state index in [4.69, 9.17) is 4.74 Å². The van der Waals surface area contributed by atoms with Crippen molar-refractivity contribution in [3.05, 3.63) is 10.7 Å². The molecule has 2 heterocycles. The first-order valence-corrected chi connectivity index (χ1v) is 7.47. The van der Waals surface area contributed by atoms with Crippen LogP contribution in [0.3, 0.4) is 0 Å². The molecule has 1 amide bonds. The van der Waals surface area contributed by atoms with Gasteiger partial charge in [-0.1, -0.05) is 0 Å². The van der Waals surface area contributed by atoms with Crippen LogP contribution in [0, 0.1) is 0 Å². The van der Waals surface area contributed by atoms with Crippen LogP contribution in [0.5, 0.6) is 0 Å². The fraction of sp³-hybridized carbons (Fsp3) is 0.692. The van der Waals surface area contributed by atoms with Crippen molar-refractivity contribution in [3.8, 4) is 0 Å². The van der Waals surface area contributed by atoms with Crippen LogP contribution in [0.15, 0.2) is 10.7 Å². The van der Waals surface area contributed by atoms with Crippen LogP contribution in [0.25, 0.3) is 0 Å². The van der Waals surface area contributed by atoms with Crippen LogP contribution in [-0.2, 0) is 11.8 Å². The van der Waals surface area contributed by atoms with Gasteiger partial charge in [-0.2, -0.15) is 5.10 Å². The highest BCUT2D eigenvalue weighted by atomic mass is 79.9. The topological polar surface area (TPSA) is 50.6 Å². The SMILES string of the molecule is Cn1ncc(Br)c1N1CCN(C(=O)OC(C)(C)C)CC1. The molecule has 1 fully saturated rings. The molecule has 0 aliphatic carbocycles. The number of nitrogens with zero attached hydrogens (tertiary/aromatic N) is 4. The molecule has 0 aromatic carbocycles.